The molecule has 1 aliphatic carbocycles. The van der Waals surface area contributed by atoms with E-state index in [2.05, 4.69) is 6.92 Å². The van der Waals surface area contributed by atoms with Gasteiger partial charge in [-0.15, -0.1) is 0 Å². The van der Waals surface area contributed by atoms with E-state index < -0.39 is 0 Å². The van der Waals surface area contributed by atoms with Gasteiger partial charge in [0, 0.05) is 12.0 Å². The largest absolute Gasteiger partial charge is 0.294 e. The molecule has 1 aromatic carbocycles. The molecule has 0 amide bonds. The van der Waals surface area contributed by atoms with E-state index >= 15 is 0 Å². The van der Waals surface area contributed by atoms with Crippen LogP contribution in [-0.4, -0.2) is 5.78 Å². The second-order valence-electron chi connectivity index (χ2n) is 3.57. The van der Waals surface area contributed by atoms with Crippen LogP contribution >= 0.6 is 11.6 Å². The summed E-state index contributed by atoms with van der Waals surface area (Å²) < 4.78 is 0. The zero-order chi connectivity index (χ0) is 9.42. The van der Waals surface area contributed by atoms with Gasteiger partial charge in [0.05, 0.1) is 5.02 Å². The van der Waals surface area contributed by atoms with Gasteiger partial charge in [-0.3, -0.25) is 4.79 Å². The Bertz CT molecular complexity index is 357. The van der Waals surface area contributed by atoms with Crippen LogP contribution in [0.2, 0.25) is 5.02 Å². The molecular formula is C11H11ClO. The normalized spacial score (nSPS) is 21.4. The van der Waals surface area contributed by atoms with E-state index in [1.165, 1.54) is 0 Å². The minimum Gasteiger partial charge on any atom is -0.294 e. The third-order valence-corrected chi connectivity index (χ3v) is 2.97. The van der Waals surface area contributed by atoms with Gasteiger partial charge < -0.3 is 0 Å². The highest BCUT2D eigenvalue weighted by molar-refractivity contribution is 6.34. The van der Waals surface area contributed by atoms with Crippen molar-refractivity contribution >= 4 is 17.4 Å². The minimum absolute atomic E-state index is 0.193. The summed E-state index contributed by atoms with van der Waals surface area (Å²) in [5.41, 5.74) is 1.87. The number of hydrogen-bond donors (Lipinski definition) is 0. The molecule has 0 spiro atoms. The van der Waals surface area contributed by atoms with Crippen LogP contribution < -0.4 is 0 Å². The first-order chi connectivity index (χ1) is 6.20. The molecule has 0 saturated heterocycles. The third-order valence-electron chi connectivity index (χ3n) is 2.66. The fourth-order valence-corrected chi connectivity index (χ4v) is 2.16. The van der Waals surface area contributed by atoms with Crippen LogP contribution in [0, 0.1) is 0 Å². The van der Waals surface area contributed by atoms with E-state index in [1.54, 1.807) is 6.07 Å². The summed E-state index contributed by atoms with van der Waals surface area (Å²) >= 11 is 5.98. The van der Waals surface area contributed by atoms with Crippen LogP contribution in [0.3, 0.4) is 0 Å². The first-order valence-electron chi connectivity index (χ1n) is 4.51. The van der Waals surface area contributed by atoms with Gasteiger partial charge in [0.15, 0.2) is 5.78 Å². The molecule has 0 fully saturated rings. The zero-order valence-electron chi connectivity index (χ0n) is 7.51. The minimum atomic E-state index is 0.193. The summed E-state index contributed by atoms with van der Waals surface area (Å²) in [7, 11) is 0. The summed E-state index contributed by atoms with van der Waals surface area (Å²) in [5, 5.41) is 0.606. The summed E-state index contributed by atoms with van der Waals surface area (Å²) in [4.78, 5) is 11.6. The molecule has 0 aliphatic heterocycles. The van der Waals surface area contributed by atoms with E-state index in [4.69, 9.17) is 11.6 Å². The lowest BCUT2D eigenvalue weighted by Gasteiger charge is -2.21. The first kappa shape index (κ1) is 8.76. The van der Waals surface area contributed by atoms with Gasteiger partial charge in [0.1, 0.15) is 0 Å². The lowest BCUT2D eigenvalue weighted by Crippen LogP contribution is -2.14. The van der Waals surface area contributed by atoms with Gasteiger partial charge in [-0.05, 0) is 24.0 Å². The fourth-order valence-electron chi connectivity index (χ4n) is 1.87. The molecule has 2 heteroatoms. The van der Waals surface area contributed by atoms with Crippen molar-refractivity contribution in [3.63, 3.8) is 0 Å². The predicted octanol–water partition coefficient (Wildman–Crippen LogP) is 3.42. The molecule has 1 aliphatic rings. The molecule has 1 nitrogen and oxygen atoms in total. The van der Waals surface area contributed by atoms with Gasteiger partial charge in [0.2, 0.25) is 0 Å². The molecule has 13 heavy (non-hydrogen) atoms. The average Bonchev–Trinajstić information content (AvgIpc) is 2.12. The molecule has 0 aromatic heterocycles. The molecule has 1 aromatic rings. The molecule has 0 heterocycles. The average molecular weight is 195 g/mol. The summed E-state index contributed by atoms with van der Waals surface area (Å²) in [6, 6.07) is 5.70. The highest BCUT2D eigenvalue weighted by Crippen LogP contribution is 2.34. The Kier molecular flexibility index (Phi) is 2.12. The Morgan fingerprint density at radius 1 is 1.46 bits per heavy atom. The van der Waals surface area contributed by atoms with Crippen molar-refractivity contribution < 1.29 is 4.79 Å². The maximum Gasteiger partial charge on any atom is 0.164 e. The number of halogens is 1. The second kappa shape index (κ2) is 3.15. The van der Waals surface area contributed by atoms with Crippen molar-refractivity contribution in [3.8, 4) is 0 Å². The quantitative estimate of drug-likeness (QED) is 0.619. The van der Waals surface area contributed by atoms with Crippen molar-refractivity contribution in [1.82, 2.24) is 0 Å². The van der Waals surface area contributed by atoms with Gasteiger partial charge in [-0.1, -0.05) is 30.7 Å². The SMILES string of the molecule is CC1CCC(=O)c2c(Cl)cccc21. The molecule has 1 unspecified atom stereocenters. The zero-order valence-corrected chi connectivity index (χ0v) is 8.27. The smallest absolute Gasteiger partial charge is 0.164 e. The Balaban J connectivity index is 2.63. The molecule has 68 valence electrons. The Morgan fingerprint density at radius 2 is 2.23 bits per heavy atom. The monoisotopic (exact) mass is 194 g/mol. The van der Waals surface area contributed by atoms with Crippen molar-refractivity contribution in [2.24, 2.45) is 0 Å². The molecule has 0 bridgehead atoms. The molecule has 0 saturated carbocycles. The van der Waals surface area contributed by atoms with Crippen LogP contribution in [0.4, 0.5) is 0 Å². The molecule has 0 radical (unpaired) electrons. The van der Waals surface area contributed by atoms with E-state index in [0.29, 0.717) is 17.4 Å². The van der Waals surface area contributed by atoms with E-state index in [-0.39, 0.29) is 5.78 Å². The predicted molar refractivity (Wildman–Crippen MR) is 53.4 cm³/mol. The second-order valence-corrected chi connectivity index (χ2v) is 3.97. The Labute approximate surface area is 82.7 Å². The van der Waals surface area contributed by atoms with Crippen molar-refractivity contribution in [2.45, 2.75) is 25.7 Å². The maximum atomic E-state index is 11.6. The molecule has 2 rings (SSSR count). The van der Waals surface area contributed by atoms with Gasteiger partial charge in [0.25, 0.3) is 0 Å². The highest BCUT2D eigenvalue weighted by atomic mass is 35.5. The number of carbonyl (C=O) groups is 1. The van der Waals surface area contributed by atoms with Crippen molar-refractivity contribution in [2.75, 3.05) is 0 Å². The number of Topliss-reactive ketones (excluding diaryl/α,β-unsaturated/α-hetero) is 1. The molecular weight excluding hydrogens is 184 g/mol. The number of rotatable bonds is 0. The van der Waals surface area contributed by atoms with Gasteiger partial charge in [-0.2, -0.15) is 0 Å². The van der Waals surface area contributed by atoms with Crippen LogP contribution in [0.1, 0.15) is 41.6 Å². The number of ketones is 1. The van der Waals surface area contributed by atoms with Crippen LogP contribution in [-0.2, 0) is 0 Å². The number of hydrogen-bond acceptors (Lipinski definition) is 1. The number of benzene rings is 1. The van der Waals surface area contributed by atoms with Crippen LogP contribution in [0.25, 0.3) is 0 Å². The summed E-state index contributed by atoms with van der Waals surface area (Å²) in [6.45, 7) is 2.14. The molecule has 1 atom stereocenters. The maximum absolute atomic E-state index is 11.6. The van der Waals surface area contributed by atoms with Gasteiger partial charge >= 0.3 is 0 Å². The topological polar surface area (TPSA) is 17.1 Å². The van der Waals surface area contributed by atoms with Gasteiger partial charge in [-0.25, -0.2) is 0 Å². The van der Waals surface area contributed by atoms with Crippen LogP contribution in [0.5, 0.6) is 0 Å². The Morgan fingerprint density at radius 3 is 2.92 bits per heavy atom. The molecule has 0 N–H and O–H groups in total. The Hall–Kier alpha value is -0.820. The van der Waals surface area contributed by atoms with Crippen LogP contribution in [0.15, 0.2) is 18.2 Å². The lowest BCUT2D eigenvalue weighted by atomic mass is 9.83. The van der Waals surface area contributed by atoms with E-state index in [0.717, 1.165) is 17.5 Å². The van der Waals surface area contributed by atoms with Crippen molar-refractivity contribution in [3.05, 3.63) is 34.3 Å². The third kappa shape index (κ3) is 1.37. The first-order valence-corrected chi connectivity index (χ1v) is 4.89. The number of carbonyl (C=O) groups excluding carboxylic acids is 1. The van der Waals surface area contributed by atoms with Crippen molar-refractivity contribution in [1.29, 1.82) is 0 Å². The lowest BCUT2D eigenvalue weighted by molar-refractivity contribution is 0.0968. The highest BCUT2D eigenvalue weighted by Gasteiger charge is 2.24. The summed E-state index contributed by atoms with van der Waals surface area (Å²) in [6.07, 6.45) is 1.59. The van der Waals surface area contributed by atoms with E-state index in [9.17, 15) is 4.79 Å². The fraction of sp³-hybridized carbons (Fsp3) is 0.364. The van der Waals surface area contributed by atoms with E-state index in [1.807, 2.05) is 12.1 Å². The standard InChI is InChI=1S/C11H11ClO/c1-7-5-6-10(13)11-8(7)3-2-4-9(11)12/h2-4,7H,5-6H2,1H3. The number of fused-ring (bicyclic) bond motifs is 1. The summed E-state index contributed by atoms with van der Waals surface area (Å²) in [5.74, 6) is 0.658.